The van der Waals surface area contributed by atoms with E-state index in [1.807, 2.05) is 0 Å². The maximum absolute atomic E-state index is 12.4. The Kier molecular flexibility index (Phi) is 6.43. The van der Waals surface area contributed by atoms with Gasteiger partial charge in [-0.25, -0.2) is 0 Å². The van der Waals surface area contributed by atoms with Gasteiger partial charge in [-0.1, -0.05) is 17.3 Å². The molecule has 164 valence electrons. The van der Waals surface area contributed by atoms with Crippen LogP contribution in [0, 0.1) is 6.92 Å². The molecule has 1 N–H and O–H groups in total. The van der Waals surface area contributed by atoms with Crippen molar-refractivity contribution in [2.45, 2.75) is 19.8 Å². The molecule has 0 atom stereocenters. The Morgan fingerprint density at radius 2 is 1.61 bits per heavy atom. The van der Waals surface area contributed by atoms with Gasteiger partial charge in [0.1, 0.15) is 5.76 Å². The van der Waals surface area contributed by atoms with Gasteiger partial charge < -0.3 is 14.7 Å². The number of imide groups is 1. The van der Waals surface area contributed by atoms with E-state index in [0.29, 0.717) is 35.8 Å². The number of nitrogens with one attached hydrogen (secondary N) is 1. The van der Waals surface area contributed by atoms with Crippen LogP contribution >= 0.6 is 0 Å². The number of amides is 3. The summed E-state index contributed by atoms with van der Waals surface area (Å²) in [5.74, 6) is 0.635. The molecule has 0 unspecified atom stereocenters. The number of rotatable bonds is 8. The van der Waals surface area contributed by atoms with Crippen LogP contribution in [0.25, 0.3) is 0 Å². The number of hydrogen-bond acceptors (Lipinski definition) is 7. The van der Waals surface area contributed by atoms with E-state index >= 15 is 0 Å². The fraction of sp³-hybridized carbons (Fsp3) is 0.455. The number of unbranched alkanes of at least 4 members (excludes halogenated alkanes) is 1. The second kappa shape index (κ2) is 9.40. The van der Waals surface area contributed by atoms with Crippen molar-refractivity contribution < 1.29 is 18.9 Å². The molecule has 0 spiro atoms. The molecule has 2 aromatic rings. The van der Waals surface area contributed by atoms with E-state index < -0.39 is 0 Å². The molecular formula is C22H27N5O4. The third-order valence-corrected chi connectivity index (χ3v) is 5.71. The molecular weight excluding hydrogens is 398 g/mol. The van der Waals surface area contributed by atoms with Gasteiger partial charge in [0.15, 0.2) is 5.82 Å². The normalized spacial score (nSPS) is 17.3. The molecule has 1 aromatic heterocycles. The summed E-state index contributed by atoms with van der Waals surface area (Å²) in [6, 6.07) is 8.68. The number of aromatic nitrogens is 1. The molecule has 1 saturated heterocycles. The number of aryl methyl sites for hydroxylation is 1. The number of anilines is 1. The number of benzene rings is 1. The highest BCUT2D eigenvalue weighted by Crippen LogP contribution is 2.22. The van der Waals surface area contributed by atoms with Gasteiger partial charge in [-0.05, 0) is 38.4 Å². The molecule has 9 heteroatoms. The second-order valence-electron chi connectivity index (χ2n) is 8.00. The van der Waals surface area contributed by atoms with Gasteiger partial charge in [0.2, 0.25) is 5.91 Å². The van der Waals surface area contributed by atoms with Crippen molar-refractivity contribution in [3.8, 4) is 0 Å². The fourth-order valence-corrected chi connectivity index (χ4v) is 4.03. The molecule has 1 fully saturated rings. The monoisotopic (exact) mass is 425 g/mol. The van der Waals surface area contributed by atoms with Gasteiger partial charge >= 0.3 is 0 Å². The molecule has 1 aromatic carbocycles. The Morgan fingerprint density at radius 3 is 2.23 bits per heavy atom. The molecule has 31 heavy (non-hydrogen) atoms. The van der Waals surface area contributed by atoms with Crippen LogP contribution < -0.4 is 5.32 Å². The average Bonchev–Trinajstić information content (AvgIpc) is 3.28. The molecule has 3 heterocycles. The van der Waals surface area contributed by atoms with Crippen LogP contribution in [0.15, 0.2) is 34.9 Å². The molecule has 9 nitrogen and oxygen atoms in total. The van der Waals surface area contributed by atoms with Crippen molar-refractivity contribution >= 4 is 23.5 Å². The van der Waals surface area contributed by atoms with Crippen LogP contribution in [0.1, 0.15) is 39.3 Å². The number of nitrogens with zero attached hydrogens (tertiary/aromatic N) is 4. The van der Waals surface area contributed by atoms with Crippen molar-refractivity contribution in [3.05, 3.63) is 47.2 Å². The van der Waals surface area contributed by atoms with Crippen molar-refractivity contribution in [1.82, 2.24) is 19.9 Å². The first-order chi connectivity index (χ1) is 15.0. The van der Waals surface area contributed by atoms with E-state index in [1.54, 1.807) is 37.3 Å². The van der Waals surface area contributed by atoms with E-state index in [1.165, 1.54) is 4.90 Å². The molecule has 4 rings (SSSR count). The smallest absolute Gasteiger partial charge is 0.261 e. The molecule has 3 amide bonds. The van der Waals surface area contributed by atoms with E-state index in [4.69, 9.17) is 4.52 Å². The highest BCUT2D eigenvalue weighted by atomic mass is 16.5. The Bertz CT molecular complexity index is 929. The zero-order valence-electron chi connectivity index (χ0n) is 17.7. The van der Waals surface area contributed by atoms with Crippen LogP contribution in [0.2, 0.25) is 0 Å². The summed E-state index contributed by atoms with van der Waals surface area (Å²) in [5, 5.41) is 6.52. The minimum absolute atomic E-state index is 0.0947. The Labute approximate surface area is 181 Å². The van der Waals surface area contributed by atoms with Crippen LogP contribution in [0.3, 0.4) is 0 Å². The zero-order valence-corrected chi connectivity index (χ0v) is 17.7. The second-order valence-corrected chi connectivity index (χ2v) is 8.00. The lowest BCUT2D eigenvalue weighted by Gasteiger charge is -2.34. The topological polar surface area (TPSA) is 99.0 Å². The molecule has 0 bridgehead atoms. The number of hydrogen-bond donors (Lipinski definition) is 1. The number of piperazine rings is 1. The predicted octanol–water partition coefficient (Wildman–Crippen LogP) is 1.62. The number of carbonyl (C=O) groups excluding carboxylic acids is 3. The van der Waals surface area contributed by atoms with Crippen molar-refractivity contribution in [1.29, 1.82) is 0 Å². The van der Waals surface area contributed by atoms with Gasteiger partial charge in [0, 0.05) is 38.8 Å². The third-order valence-electron chi connectivity index (χ3n) is 5.71. The summed E-state index contributed by atoms with van der Waals surface area (Å²) in [6.45, 7) is 6.91. The molecule has 2 aliphatic heterocycles. The summed E-state index contributed by atoms with van der Waals surface area (Å²) >= 11 is 0. The van der Waals surface area contributed by atoms with Crippen molar-refractivity contribution in [2.24, 2.45) is 0 Å². The predicted molar refractivity (Wildman–Crippen MR) is 114 cm³/mol. The maximum Gasteiger partial charge on any atom is 0.261 e. The summed E-state index contributed by atoms with van der Waals surface area (Å²) in [6.07, 6.45) is 1.70. The summed E-state index contributed by atoms with van der Waals surface area (Å²) in [5.41, 5.74) is 1.01. The SMILES string of the molecule is Cc1cc(NC(=O)CN2CCN(CCCCN3C(=O)c4ccccc4C3=O)CC2)no1. The molecule has 2 aliphatic rings. The standard InChI is InChI=1S/C22H27N5O4/c1-16-14-19(24-31-16)23-20(28)15-26-12-10-25(11-13-26)8-4-5-9-27-21(29)17-6-2-3-7-18(17)22(27)30/h2-3,6-7,14H,4-5,8-13,15H2,1H3,(H,23,24,28). The summed E-state index contributed by atoms with van der Waals surface area (Å²) in [4.78, 5) is 42.8. The maximum atomic E-state index is 12.4. The first kappa shape index (κ1) is 21.2. The minimum Gasteiger partial charge on any atom is -0.360 e. The highest BCUT2D eigenvalue weighted by Gasteiger charge is 2.34. The van der Waals surface area contributed by atoms with Gasteiger partial charge in [-0.15, -0.1) is 0 Å². The summed E-state index contributed by atoms with van der Waals surface area (Å²) < 4.78 is 4.95. The van der Waals surface area contributed by atoms with Crippen LogP contribution in [0.5, 0.6) is 0 Å². The van der Waals surface area contributed by atoms with E-state index in [9.17, 15) is 14.4 Å². The van der Waals surface area contributed by atoms with E-state index in [2.05, 4.69) is 20.3 Å². The van der Waals surface area contributed by atoms with Crippen molar-refractivity contribution in [2.75, 3.05) is 51.1 Å². The van der Waals surface area contributed by atoms with E-state index in [-0.39, 0.29) is 17.7 Å². The Hall–Kier alpha value is -3.04. The minimum atomic E-state index is -0.187. The Morgan fingerprint density at radius 1 is 1.00 bits per heavy atom. The first-order valence-corrected chi connectivity index (χ1v) is 10.6. The summed E-state index contributed by atoms with van der Waals surface area (Å²) in [7, 11) is 0. The van der Waals surface area contributed by atoms with Gasteiger partial charge in [0.05, 0.1) is 17.7 Å². The average molecular weight is 425 g/mol. The van der Waals surface area contributed by atoms with Crippen LogP contribution in [-0.4, -0.2) is 83.4 Å². The van der Waals surface area contributed by atoms with Crippen molar-refractivity contribution in [3.63, 3.8) is 0 Å². The van der Waals surface area contributed by atoms with Gasteiger partial charge in [-0.3, -0.25) is 24.2 Å². The van der Waals surface area contributed by atoms with E-state index in [0.717, 1.165) is 45.6 Å². The lowest BCUT2D eigenvalue weighted by atomic mass is 10.1. The first-order valence-electron chi connectivity index (χ1n) is 10.6. The largest absolute Gasteiger partial charge is 0.360 e. The van der Waals surface area contributed by atoms with Gasteiger partial charge in [-0.2, -0.15) is 0 Å². The molecule has 0 radical (unpaired) electrons. The highest BCUT2D eigenvalue weighted by molar-refractivity contribution is 6.21. The number of carbonyl (C=O) groups is 3. The van der Waals surface area contributed by atoms with Crippen LogP contribution in [-0.2, 0) is 4.79 Å². The fourth-order valence-electron chi connectivity index (χ4n) is 4.03. The van der Waals surface area contributed by atoms with Crippen LogP contribution in [0.4, 0.5) is 5.82 Å². The third kappa shape index (κ3) is 5.00. The Balaban J connectivity index is 1.13. The number of fused-ring (bicyclic) bond motifs is 1. The zero-order chi connectivity index (χ0) is 21.8. The molecule has 0 saturated carbocycles. The lowest BCUT2D eigenvalue weighted by molar-refractivity contribution is -0.117. The lowest BCUT2D eigenvalue weighted by Crippen LogP contribution is -2.48. The quantitative estimate of drug-likeness (QED) is 0.507. The van der Waals surface area contributed by atoms with Gasteiger partial charge in [0.25, 0.3) is 11.8 Å². The molecule has 0 aliphatic carbocycles.